The van der Waals surface area contributed by atoms with E-state index in [2.05, 4.69) is 0 Å². The van der Waals surface area contributed by atoms with Crippen LogP contribution in [0.4, 0.5) is 10.5 Å². The number of likely N-dealkylation sites (N-methyl/N-ethyl adjacent to an activating group) is 2. The third-order valence-corrected chi connectivity index (χ3v) is 5.80. The summed E-state index contributed by atoms with van der Waals surface area (Å²) >= 11 is 0. The van der Waals surface area contributed by atoms with Crippen LogP contribution in [0.1, 0.15) is 44.6 Å². The van der Waals surface area contributed by atoms with Gasteiger partial charge < -0.3 is 9.80 Å². The number of nitrogens with zero attached hydrogens (tertiary/aromatic N) is 3. The number of hydrogen-bond acceptors (Lipinski definition) is 3. The number of hydrogen-bond donors (Lipinski definition) is 0. The van der Waals surface area contributed by atoms with Gasteiger partial charge in [-0.2, -0.15) is 0 Å². The van der Waals surface area contributed by atoms with Crippen molar-refractivity contribution < 1.29 is 14.4 Å². The first kappa shape index (κ1) is 18.4. The molecule has 1 aliphatic carbocycles. The number of carbonyl (C=O) groups excluding carboxylic acids is 3. The second kappa shape index (κ2) is 7.09. The molecular weight excluding hydrogens is 330 g/mol. The molecule has 140 valence electrons. The SMILES string of the molecule is CCN(C(=O)CN1C(=O)N(C)C2(CCCCC2)C1=O)c1ccccc1C. The Bertz CT molecular complexity index is 725. The van der Waals surface area contributed by atoms with Gasteiger partial charge >= 0.3 is 6.03 Å². The summed E-state index contributed by atoms with van der Waals surface area (Å²) in [6.07, 6.45) is 4.35. The highest BCUT2D eigenvalue weighted by Gasteiger charge is 2.56. The second-order valence-electron chi connectivity index (χ2n) is 7.25. The maximum absolute atomic E-state index is 13.0. The van der Waals surface area contributed by atoms with Crippen LogP contribution in [-0.2, 0) is 9.59 Å². The number of aryl methyl sites for hydroxylation is 1. The molecule has 4 amide bonds. The summed E-state index contributed by atoms with van der Waals surface area (Å²) in [6.45, 7) is 4.13. The largest absolute Gasteiger partial charge is 0.327 e. The van der Waals surface area contributed by atoms with E-state index in [0.29, 0.717) is 19.4 Å². The van der Waals surface area contributed by atoms with Crippen LogP contribution in [0.25, 0.3) is 0 Å². The molecule has 2 fully saturated rings. The van der Waals surface area contributed by atoms with Crippen LogP contribution < -0.4 is 4.90 Å². The van der Waals surface area contributed by atoms with Gasteiger partial charge in [-0.3, -0.25) is 14.5 Å². The lowest BCUT2D eigenvalue weighted by Crippen LogP contribution is -2.49. The standard InChI is InChI=1S/C20H27N3O3/c1-4-22(16-11-7-6-10-15(16)2)17(24)14-23-18(25)20(21(3)19(23)26)12-8-5-9-13-20/h6-7,10-11H,4-5,8-9,12-14H2,1-3H3. The predicted molar refractivity (Wildman–Crippen MR) is 99.9 cm³/mol. The lowest BCUT2D eigenvalue weighted by molar-refractivity contribution is -0.136. The van der Waals surface area contributed by atoms with Gasteiger partial charge in [-0.25, -0.2) is 4.79 Å². The summed E-state index contributed by atoms with van der Waals surface area (Å²) in [7, 11) is 1.69. The third-order valence-electron chi connectivity index (χ3n) is 5.80. The fourth-order valence-corrected chi connectivity index (χ4v) is 4.24. The minimum atomic E-state index is -0.741. The predicted octanol–water partition coefficient (Wildman–Crippen LogP) is 2.94. The zero-order valence-corrected chi connectivity index (χ0v) is 15.8. The van der Waals surface area contributed by atoms with E-state index in [4.69, 9.17) is 0 Å². The van der Waals surface area contributed by atoms with Gasteiger partial charge in [0.1, 0.15) is 12.1 Å². The molecule has 1 saturated carbocycles. The van der Waals surface area contributed by atoms with Crippen molar-refractivity contribution in [1.82, 2.24) is 9.80 Å². The summed E-state index contributed by atoms with van der Waals surface area (Å²) in [6, 6.07) is 7.29. The first-order valence-corrected chi connectivity index (χ1v) is 9.38. The van der Waals surface area contributed by atoms with Crippen LogP contribution in [0, 0.1) is 6.92 Å². The monoisotopic (exact) mass is 357 g/mol. The van der Waals surface area contributed by atoms with Gasteiger partial charge in [-0.1, -0.05) is 37.5 Å². The van der Waals surface area contributed by atoms with Crippen LogP contribution in [0.15, 0.2) is 24.3 Å². The molecule has 1 aromatic rings. The van der Waals surface area contributed by atoms with E-state index in [1.807, 2.05) is 38.1 Å². The highest BCUT2D eigenvalue weighted by atomic mass is 16.2. The number of urea groups is 1. The van der Waals surface area contributed by atoms with E-state index in [1.165, 1.54) is 0 Å². The average molecular weight is 357 g/mol. The van der Waals surface area contributed by atoms with Crippen LogP contribution >= 0.6 is 0 Å². The molecule has 3 rings (SSSR count). The van der Waals surface area contributed by atoms with Gasteiger partial charge in [0.2, 0.25) is 5.91 Å². The highest BCUT2D eigenvalue weighted by molar-refractivity contribution is 6.10. The molecule has 26 heavy (non-hydrogen) atoms. The molecule has 2 aliphatic rings. The van der Waals surface area contributed by atoms with Crippen molar-refractivity contribution in [2.45, 2.75) is 51.5 Å². The van der Waals surface area contributed by atoms with E-state index >= 15 is 0 Å². The van der Waals surface area contributed by atoms with Crippen molar-refractivity contribution in [1.29, 1.82) is 0 Å². The molecule has 1 saturated heterocycles. The van der Waals surface area contributed by atoms with Gasteiger partial charge in [0.25, 0.3) is 5.91 Å². The van der Waals surface area contributed by atoms with E-state index < -0.39 is 5.54 Å². The summed E-state index contributed by atoms with van der Waals surface area (Å²) in [4.78, 5) is 43.0. The van der Waals surface area contributed by atoms with Crippen molar-refractivity contribution >= 4 is 23.5 Å². The van der Waals surface area contributed by atoms with Gasteiger partial charge in [-0.15, -0.1) is 0 Å². The molecule has 0 atom stereocenters. The van der Waals surface area contributed by atoms with E-state index in [9.17, 15) is 14.4 Å². The van der Waals surface area contributed by atoms with Crippen LogP contribution in [0.5, 0.6) is 0 Å². The number of benzene rings is 1. The maximum atomic E-state index is 13.0. The van der Waals surface area contributed by atoms with Crippen molar-refractivity contribution in [2.75, 3.05) is 25.0 Å². The number of imide groups is 1. The molecule has 0 radical (unpaired) electrons. The molecule has 1 spiro atoms. The first-order chi connectivity index (χ1) is 12.4. The number of para-hydroxylation sites is 1. The Hall–Kier alpha value is -2.37. The Kier molecular flexibility index (Phi) is 5.03. The highest BCUT2D eigenvalue weighted by Crippen LogP contribution is 2.39. The van der Waals surface area contributed by atoms with Gasteiger partial charge in [0, 0.05) is 19.3 Å². The molecule has 1 heterocycles. The Balaban J connectivity index is 1.81. The lowest BCUT2D eigenvalue weighted by atomic mass is 9.81. The number of rotatable bonds is 4. The third kappa shape index (κ3) is 2.87. The first-order valence-electron chi connectivity index (χ1n) is 9.38. The summed E-state index contributed by atoms with van der Waals surface area (Å²) in [5.41, 5.74) is 1.07. The van der Waals surface area contributed by atoms with Crippen molar-refractivity contribution in [2.24, 2.45) is 0 Å². The normalized spacial score (nSPS) is 19.3. The zero-order valence-electron chi connectivity index (χ0n) is 15.8. The smallest absolute Gasteiger partial charge is 0.313 e. The van der Waals surface area contributed by atoms with E-state index in [0.717, 1.165) is 35.4 Å². The van der Waals surface area contributed by atoms with E-state index in [1.54, 1.807) is 16.8 Å². The van der Waals surface area contributed by atoms with Crippen LogP contribution in [-0.4, -0.2) is 53.3 Å². The van der Waals surface area contributed by atoms with E-state index in [-0.39, 0.29) is 24.4 Å². The van der Waals surface area contributed by atoms with Crippen LogP contribution in [0.3, 0.4) is 0 Å². The molecular formula is C20H27N3O3. The summed E-state index contributed by atoms with van der Waals surface area (Å²) in [5.74, 6) is -0.441. The molecule has 0 bridgehead atoms. The Morgan fingerprint density at radius 2 is 1.81 bits per heavy atom. The number of anilines is 1. The van der Waals surface area contributed by atoms with Crippen molar-refractivity contribution in [3.05, 3.63) is 29.8 Å². The summed E-state index contributed by atoms with van der Waals surface area (Å²) in [5, 5.41) is 0. The lowest BCUT2D eigenvalue weighted by Gasteiger charge is -2.35. The van der Waals surface area contributed by atoms with Gasteiger partial charge in [0.15, 0.2) is 0 Å². The average Bonchev–Trinajstić information content (AvgIpc) is 2.81. The Labute approximate surface area is 154 Å². The molecule has 0 N–H and O–H groups in total. The van der Waals surface area contributed by atoms with Gasteiger partial charge in [0.05, 0.1) is 0 Å². The zero-order chi connectivity index (χ0) is 18.9. The molecule has 0 aromatic heterocycles. The maximum Gasteiger partial charge on any atom is 0.327 e. The van der Waals surface area contributed by atoms with Gasteiger partial charge in [-0.05, 0) is 38.3 Å². The van der Waals surface area contributed by atoms with Crippen molar-refractivity contribution in [3.8, 4) is 0 Å². The minimum absolute atomic E-state index is 0.202. The fourth-order valence-electron chi connectivity index (χ4n) is 4.24. The fraction of sp³-hybridized carbons (Fsp3) is 0.550. The second-order valence-corrected chi connectivity index (χ2v) is 7.25. The number of carbonyl (C=O) groups is 3. The molecule has 6 nitrogen and oxygen atoms in total. The van der Waals surface area contributed by atoms with Crippen LogP contribution in [0.2, 0.25) is 0 Å². The number of amides is 4. The topological polar surface area (TPSA) is 60.9 Å². The molecule has 1 aromatic carbocycles. The summed E-state index contributed by atoms with van der Waals surface area (Å²) < 4.78 is 0. The minimum Gasteiger partial charge on any atom is -0.313 e. The molecule has 0 unspecified atom stereocenters. The Morgan fingerprint density at radius 3 is 2.42 bits per heavy atom. The molecule has 6 heteroatoms. The van der Waals surface area contributed by atoms with Crippen molar-refractivity contribution in [3.63, 3.8) is 0 Å². The Morgan fingerprint density at radius 1 is 1.15 bits per heavy atom. The quantitative estimate of drug-likeness (QED) is 0.779. The molecule has 1 aliphatic heterocycles.